The molecule has 0 saturated heterocycles. The van der Waals surface area contributed by atoms with Crippen molar-refractivity contribution in [2.24, 2.45) is 4.99 Å². The van der Waals surface area contributed by atoms with Crippen LogP contribution in [0, 0.1) is 0 Å². The number of hydrogen-bond donors (Lipinski definition) is 2. The Hall–Kier alpha value is -1.22. The molecule has 1 rings (SSSR count). The van der Waals surface area contributed by atoms with Gasteiger partial charge in [-0.1, -0.05) is 29.8 Å². The third kappa shape index (κ3) is 5.41. The summed E-state index contributed by atoms with van der Waals surface area (Å²) in [6, 6.07) is 8.37. The fourth-order valence-electron chi connectivity index (χ4n) is 1.65. The zero-order chi connectivity index (χ0) is 13.4. The van der Waals surface area contributed by atoms with Crippen molar-refractivity contribution in [3.8, 4) is 0 Å². The van der Waals surface area contributed by atoms with Crippen molar-refractivity contribution < 1.29 is 0 Å². The molecule has 0 aliphatic rings. The number of guanidine groups is 1. The second kappa shape index (κ2) is 7.98. The van der Waals surface area contributed by atoms with E-state index < -0.39 is 0 Å². The molecule has 18 heavy (non-hydrogen) atoms. The molecular formula is C14H22ClN3. The Morgan fingerprint density at radius 1 is 1.33 bits per heavy atom. The number of nitrogens with one attached hydrogen (secondary N) is 2. The Morgan fingerprint density at radius 2 is 2.06 bits per heavy atom. The van der Waals surface area contributed by atoms with Gasteiger partial charge in [-0.3, -0.25) is 4.99 Å². The molecule has 0 unspecified atom stereocenters. The first-order valence-corrected chi connectivity index (χ1v) is 6.72. The Bertz CT molecular complexity index is 388. The van der Waals surface area contributed by atoms with Crippen LogP contribution in [0.4, 0.5) is 0 Å². The van der Waals surface area contributed by atoms with Gasteiger partial charge in [-0.05, 0) is 38.3 Å². The van der Waals surface area contributed by atoms with E-state index in [4.69, 9.17) is 11.6 Å². The van der Waals surface area contributed by atoms with E-state index >= 15 is 0 Å². The first kappa shape index (κ1) is 14.8. The molecule has 0 bridgehead atoms. The summed E-state index contributed by atoms with van der Waals surface area (Å²) in [6.45, 7) is 5.07. The Kier molecular flexibility index (Phi) is 6.58. The van der Waals surface area contributed by atoms with Crippen molar-refractivity contribution in [2.75, 3.05) is 13.6 Å². The van der Waals surface area contributed by atoms with Gasteiger partial charge in [0.1, 0.15) is 0 Å². The summed E-state index contributed by atoms with van der Waals surface area (Å²) >= 11 is 6.11. The van der Waals surface area contributed by atoms with Gasteiger partial charge in [-0.2, -0.15) is 0 Å². The Labute approximate surface area is 115 Å². The average Bonchev–Trinajstić information content (AvgIpc) is 2.34. The first-order valence-electron chi connectivity index (χ1n) is 6.34. The molecule has 1 aromatic carbocycles. The van der Waals surface area contributed by atoms with Gasteiger partial charge in [0.15, 0.2) is 5.96 Å². The van der Waals surface area contributed by atoms with Gasteiger partial charge in [-0.15, -0.1) is 0 Å². The van der Waals surface area contributed by atoms with E-state index in [1.54, 1.807) is 7.05 Å². The normalized spacial score (nSPS) is 11.7. The molecule has 1 aromatic rings. The van der Waals surface area contributed by atoms with Gasteiger partial charge in [0, 0.05) is 24.7 Å². The molecule has 0 spiro atoms. The topological polar surface area (TPSA) is 36.4 Å². The van der Waals surface area contributed by atoms with E-state index in [0.29, 0.717) is 6.04 Å². The maximum absolute atomic E-state index is 6.11. The molecule has 4 heteroatoms. The van der Waals surface area contributed by atoms with Crippen molar-refractivity contribution in [1.29, 1.82) is 0 Å². The molecule has 0 fully saturated rings. The Morgan fingerprint density at radius 3 is 2.67 bits per heavy atom. The molecule has 0 radical (unpaired) electrons. The standard InChI is InChI=1S/C14H22ClN3/c1-11(2)18-14(16-3)17-10-6-8-12-7-4-5-9-13(12)15/h4-5,7,9,11H,6,8,10H2,1-3H3,(H2,16,17,18). The van der Waals surface area contributed by atoms with E-state index in [9.17, 15) is 0 Å². The van der Waals surface area contributed by atoms with E-state index in [1.807, 2.05) is 18.2 Å². The lowest BCUT2D eigenvalue weighted by Crippen LogP contribution is -2.41. The van der Waals surface area contributed by atoms with Crippen molar-refractivity contribution >= 4 is 17.6 Å². The minimum atomic E-state index is 0.389. The van der Waals surface area contributed by atoms with Gasteiger partial charge in [0.2, 0.25) is 0 Å². The fourth-order valence-corrected chi connectivity index (χ4v) is 1.89. The van der Waals surface area contributed by atoms with Crippen LogP contribution in [0.25, 0.3) is 0 Å². The summed E-state index contributed by atoms with van der Waals surface area (Å²) in [5, 5.41) is 7.39. The van der Waals surface area contributed by atoms with Crippen LogP contribution in [-0.4, -0.2) is 25.6 Å². The van der Waals surface area contributed by atoms with Crippen LogP contribution in [0.1, 0.15) is 25.8 Å². The number of halogens is 1. The third-order valence-electron chi connectivity index (χ3n) is 2.52. The molecule has 0 amide bonds. The summed E-state index contributed by atoms with van der Waals surface area (Å²) in [4.78, 5) is 4.16. The highest BCUT2D eigenvalue weighted by Gasteiger charge is 2.01. The highest BCUT2D eigenvalue weighted by molar-refractivity contribution is 6.31. The number of nitrogens with zero attached hydrogens (tertiary/aromatic N) is 1. The minimum absolute atomic E-state index is 0.389. The van der Waals surface area contributed by atoms with Crippen LogP contribution in [0.5, 0.6) is 0 Å². The number of hydrogen-bond acceptors (Lipinski definition) is 1. The van der Waals surface area contributed by atoms with Crippen molar-refractivity contribution in [1.82, 2.24) is 10.6 Å². The van der Waals surface area contributed by atoms with Crippen LogP contribution in [0.3, 0.4) is 0 Å². The number of aliphatic imine (C=N–C) groups is 1. The SMILES string of the molecule is CN=C(NCCCc1ccccc1Cl)NC(C)C. The fraction of sp³-hybridized carbons (Fsp3) is 0.500. The summed E-state index contributed by atoms with van der Waals surface area (Å²) in [5.74, 6) is 0.851. The maximum atomic E-state index is 6.11. The summed E-state index contributed by atoms with van der Waals surface area (Å²) in [7, 11) is 1.78. The molecule has 100 valence electrons. The third-order valence-corrected chi connectivity index (χ3v) is 2.89. The highest BCUT2D eigenvalue weighted by Crippen LogP contribution is 2.16. The van der Waals surface area contributed by atoms with Gasteiger partial charge >= 0.3 is 0 Å². The number of aryl methyl sites for hydroxylation is 1. The lowest BCUT2D eigenvalue weighted by atomic mass is 10.1. The van der Waals surface area contributed by atoms with E-state index in [2.05, 4.69) is 35.5 Å². The van der Waals surface area contributed by atoms with Gasteiger partial charge in [0.25, 0.3) is 0 Å². The molecule has 0 aliphatic heterocycles. The monoisotopic (exact) mass is 267 g/mol. The average molecular weight is 268 g/mol. The predicted octanol–water partition coefficient (Wildman–Crippen LogP) is 2.85. The summed E-state index contributed by atoms with van der Waals surface area (Å²) in [6.07, 6.45) is 2.01. The molecular weight excluding hydrogens is 246 g/mol. The molecule has 0 aliphatic carbocycles. The molecule has 0 atom stereocenters. The second-order valence-electron chi connectivity index (χ2n) is 4.49. The van der Waals surface area contributed by atoms with Gasteiger partial charge in [-0.25, -0.2) is 0 Å². The number of benzene rings is 1. The van der Waals surface area contributed by atoms with Crippen LogP contribution in [-0.2, 0) is 6.42 Å². The molecule has 0 saturated carbocycles. The van der Waals surface area contributed by atoms with Crippen LogP contribution in [0.15, 0.2) is 29.3 Å². The second-order valence-corrected chi connectivity index (χ2v) is 4.90. The number of rotatable bonds is 5. The molecule has 0 aromatic heterocycles. The van der Waals surface area contributed by atoms with E-state index in [-0.39, 0.29) is 0 Å². The smallest absolute Gasteiger partial charge is 0.191 e. The van der Waals surface area contributed by atoms with E-state index in [1.165, 1.54) is 5.56 Å². The zero-order valence-electron chi connectivity index (χ0n) is 11.3. The van der Waals surface area contributed by atoms with Crippen LogP contribution >= 0.6 is 11.6 Å². The van der Waals surface area contributed by atoms with Crippen molar-refractivity contribution in [3.05, 3.63) is 34.9 Å². The summed E-state index contributed by atoms with van der Waals surface area (Å²) < 4.78 is 0. The molecule has 3 nitrogen and oxygen atoms in total. The first-order chi connectivity index (χ1) is 8.63. The minimum Gasteiger partial charge on any atom is -0.356 e. The zero-order valence-corrected chi connectivity index (χ0v) is 12.1. The predicted molar refractivity (Wildman–Crippen MR) is 79.4 cm³/mol. The largest absolute Gasteiger partial charge is 0.356 e. The van der Waals surface area contributed by atoms with Crippen LogP contribution in [0.2, 0.25) is 5.02 Å². The lowest BCUT2D eigenvalue weighted by Gasteiger charge is -2.14. The van der Waals surface area contributed by atoms with Gasteiger partial charge in [0.05, 0.1) is 0 Å². The van der Waals surface area contributed by atoms with Crippen molar-refractivity contribution in [2.45, 2.75) is 32.7 Å². The van der Waals surface area contributed by atoms with Crippen LogP contribution < -0.4 is 10.6 Å². The highest BCUT2D eigenvalue weighted by atomic mass is 35.5. The molecule has 0 heterocycles. The lowest BCUT2D eigenvalue weighted by molar-refractivity contribution is 0.685. The van der Waals surface area contributed by atoms with Gasteiger partial charge < -0.3 is 10.6 Å². The Balaban J connectivity index is 2.28. The van der Waals surface area contributed by atoms with E-state index in [0.717, 1.165) is 30.4 Å². The summed E-state index contributed by atoms with van der Waals surface area (Å²) in [5.41, 5.74) is 1.20. The van der Waals surface area contributed by atoms with Crippen molar-refractivity contribution in [3.63, 3.8) is 0 Å². The molecule has 2 N–H and O–H groups in total. The maximum Gasteiger partial charge on any atom is 0.191 e. The quantitative estimate of drug-likeness (QED) is 0.489.